The van der Waals surface area contributed by atoms with Crippen LogP contribution in [0.1, 0.15) is 45.1 Å². The van der Waals surface area contributed by atoms with Crippen molar-refractivity contribution in [1.82, 2.24) is 5.32 Å². The molecule has 1 aromatic rings. The third-order valence-electron chi connectivity index (χ3n) is 4.39. The number of carbonyl (C=O) groups excluding carboxylic acids is 2. The molecule has 1 aliphatic heterocycles. The number of hydrogen-bond acceptors (Lipinski definition) is 3. The van der Waals surface area contributed by atoms with E-state index in [0.717, 1.165) is 11.3 Å². The van der Waals surface area contributed by atoms with E-state index in [4.69, 9.17) is 0 Å². The molecule has 0 spiro atoms. The number of nitrogens with zero attached hydrogens (tertiary/aromatic N) is 1. The summed E-state index contributed by atoms with van der Waals surface area (Å²) in [4.78, 5) is 37.4. The molecule has 6 nitrogen and oxygen atoms in total. The van der Waals surface area contributed by atoms with E-state index in [1.54, 1.807) is 4.90 Å². The molecule has 0 fully saturated rings. The Morgan fingerprint density at radius 2 is 2.00 bits per heavy atom. The number of hydrogen-bond donors (Lipinski definition) is 2. The number of carboxylic acid groups (broad SMARTS) is 1. The van der Waals surface area contributed by atoms with Crippen molar-refractivity contribution in [1.29, 1.82) is 0 Å². The normalized spacial score (nSPS) is 16.2. The van der Waals surface area contributed by atoms with Crippen LogP contribution in [0.3, 0.4) is 0 Å². The molecule has 1 atom stereocenters. The number of anilines is 1. The van der Waals surface area contributed by atoms with Gasteiger partial charge in [-0.25, -0.2) is 4.79 Å². The van der Waals surface area contributed by atoms with Gasteiger partial charge in [0.05, 0.1) is 0 Å². The number of carboxylic acids is 1. The first-order chi connectivity index (χ1) is 11.4. The SMILES string of the molecule is CCCC(C)(NC(=O)CCN1C(=O)CCc2ccccc21)C(=O)O. The van der Waals surface area contributed by atoms with E-state index in [9.17, 15) is 19.5 Å². The molecule has 0 saturated carbocycles. The largest absolute Gasteiger partial charge is 0.480 e. The van der Waals surface area contributed by atoms with Crippen molar-refractivity contribution in [2.24, 2.45) is 0 Å². The first-order valence-electron chi connectivity index (χ1n) is 8.30. The zero-order chi connectivity index (χ0) is 17.7. The topological polar surface area (TPSA) is 86.7 Å². The number of aryl methyl sites for hydroxylation is 1. The van der Waals surface area contributed by atoms with Gasteiger partial charge in [-0.15, -0.1) is 0 Å². The van der Waals surface area contributed by atoms with Crippen molar-refractivity contribution in [3.8, 4) is 0 Å². The molecule has 0 radical (unpaired) electrons. The number of carbonyl (C=O) groups is 3. The lowest BCUT2D eigenvalue weighted by molar-refractivity contribution is -0.147. The molecule has 0 saturated heterocycles. The van der Waals surface area contributed by atoms with Crippen molar-refractivity contribution in [2.45, 2.75) is 51.5 Å². The van der Waals surface area contributed by atoms with Gasteiger partial charge in [0.1, 0.15) is 5.54 Å². The highest BCUT2D eigenvalue weighted by atomic mass is 16.4. The number of rotatable bonds is 7. The molecule has 2 N–H and O–H groups in total. The summed E-state index contributed by atoms with van der Waals surface area (Å²) in [6, 6.07) is 7.66. The van der Waals surface area contributed by atoms with Crippen LogP contribution in [0.15, 0.2) is 24.3 Å². The first kappa shape index (κ1) is 18.0. The van der Waals surface area contributed by atoms with Gasteiger partial charge < -0.3 is 15.3 Å². The molecule has 130 valence electrons. The highest BCUT2D eigenvalue weighted by Crippen LogP contribution is 2.27. The van der Waals surface area contributed by atoms with Crippen LogP contribution in [0, 0.1) is 0 Å². The van der Waals surface area contributed by atoms with Crippen LogP contribution in [0.2, 0.25) is 0 Å². The molecular formula is C18H24N2O4. The van der Waals surface area contributed by atoms with Crippen molar-refractivity contribution < 1.29 is 19.5 Å². The predicted molar refractivity (Wildman–Crippen MR) is 90.8 cm³/mol. The highest BCUT2D eigenvalue weighted by molar-refractivity contribution is 5.97. The molecule has 1 unspecified atom stereocenters. The van der Waals surface area contributed by atoms with E-state index in [-0.39, 0.29) is 24.8 Å². The zero-order valence-corrected chi connectivity index (χ0v) is 14.2. The quantitative estimate of drug-likeness (QED) is 0.801. The van der Waals surface area contributed by atoms with E-state index in [2.05, 4.69) is 5.32 Å². The molecule has 0 aromatic heterocycles. The summed E-state index contributed by atoms with van der Waals surface area (Å²) in [6.07, 6.45) is 2.24. The van der Waals surface area contributed by atoms with Gasteiger partial charge in [-0.1, -0.05) is 31.5 Å². The van der Waals surface area contributed by atoms with Crippen LogP contribution in [0.5, 0.6) is 0 Å². The van der Waals surface area contributed by atoms with Crippen LogP contribution in [-0.4, -0.2) is 35.0 Å². The van der Waals surface area contributed by atoms with E-state index in [0.29, 0.717) is 25.7 Å². The molecule has 1 aliphatic rings. The minimum Gasteiger partial charge on any atom is -0.480 e. The van der Waals surface area contributed by atoms with Crippen molar-refractivity contribution in [2.75, 3.05) is 11.4 Å². The Morgan fingerprint density at radius 3 is 2.67 bits per heavy atom. The monoisotopic (exact) mass is 332 g/mol. The fourth-order valence-electron chi connectivity index (χ4n) is 3.05. The lowest BCUT2D eigenvalue weighted by Crippen LogP contribution is -2.52. The molecule has 2 amide bonds. The average molecular weight is 332 g/mol. The van der Waals surface area contributed by atoms with Gasteiger partial charge in [-0.2, -0.15) is 0 Å². The Hall–Kier alpha value is -2.37. The predicted octanol–water partition coefficient (Wildman–Crippen LogP) is 2.12. The van der Waals surface area contributed by atoms with Crippen LogP contribution >= 0.6 is 0 Å². The number of amides is 2. The maximum Gasteiger partial charge on any atom is 0.329 e. The first-order valence-corrected chi connectivity index (χ1v) is 8.30. The second kappa shape index (κ2) is 7.47. The fraction of sp³-hybridized carbons (Fsp3) is 0.500. The van der Waals surface area contributed by atoms with Crippen molar-refractivity contribution in [3.63, 3.8) is 0 Å². The summed E-state index contributed by atoms with van der Waals surface area (Å²) in [5.74, 6) is -1.41. The summed E-state index contributed by atoms with van der Waals surface area (Å²) in [6.45, 7) is 3.64. The molecule has 1 heterocycles. The number of benzene rings is 1. The summed E-state index contributed by atoms with van der Waals surface area (Å²) < 4.78 is 0. The van der Waals surface area contributed by atoms with E-state index < -0.39 is 11.5 Å². The zero-order valence-electron chi connectivity index (χ0n) is 14.2. The number of para-hydroxylation sites is 1. The number of fused-ring (bicyclic) bond motifs is 1. The van der Waals surface area contributed by atoms with Crippen LogP contribution < -0.4 is 10.2 Å². The highest BCUT2D eigenvalue weighted by Gasteiger charge is 2.34. The maximum absolute atomic E-state index is 12.2. The number of aliphatic carboxylic acids is 1. The standard InChI is InChI=1S/C18H24N2O4/c1-3-11-18(2,17(23)24)19-15(21)10-12-20-14-7-5-4-6-13(14)8-9-16(20)22/h4-7H,3,8-12H2,1-2H3,(H,19,21)(H,23,24). The van der Waals surface area contributed by atoms with Gasteiger partial charge in [-0.3, -0.25) is 9.59 Å². The molecular weight excluding hydrogens is 308 g/mol. The average Bonchev–Trinajstić information content (AvgIpc) is 2.54. The Kier molecular flexibility index (Phi) is 5.59. The van der Waals surface area contributed by atoms with Gasteiger partial charge in [0.15, 0.2) is 0 Å². The van der Waals surface area contributed by atoms with Crippen molar-refractivity contribution in [3.05, 3.63) is 29.8 Å². The lowest BCUT2D eigenvalue weighted by atomic mass is 9.96. The molecule has 24 heavy (non-hydrogen) atoms. The minimum atomic E-state index is -1.27. The van der Waals surface area contributed by atoms with Gasteiger partial charge in [0.25, 0.3) is 0 Å². The van der Waals surface area contributed by atoms with E-state index in [1.807, 2.05) is 31.2 Å². The second-order valence-electron chi connectivity index (χ2n) is 6.36. The molecule has 2 rings (SSSR count). The van der Waals surface area contributed by atoms with Gasteiger partial charge in [-0.05, 0) is 31.4 Å². The lowest BCUT2D eigenvalue weighted by Gasteiger charge is -2.30. The van der Waals surface area contributed by atoms with E-state index >= 15 is 0 Å². The Morgan fingerprint density at radius 1 is 1.29 bits per heavy atom. The second-order valence-corrected chi connectivity index (χ2v) is 6.36. The van der Waals surface area contributed by atoms with Gasteiger partial charge >= 0.3 is 5.97 Å². The molecule has 1 aromatic carbocycles. The maximum atomic E-state index is 12.2. The van der Waals surface area contributed by atoms with Crippen LogP contribution in [0.4, 0.5) is 5.69 Å². The summed E-state index contributed by atoms with van der Waals surface area (Å²) in [5.41, 5.74) is 0.672. The molecule has 6 heteroatoms. The Balaban J connectivity index is 2.01. The number of nitrogens with one attached hydrogen (secondary N) is 1. The third-order valence-corrected chi connectivity index (χ3v) is 4.39. The van der Waals surface area contributed by atoms with Gasteiger partial charge in [0, 0.05) is 25.1 Å². The smallest absolute Gasteiger partial charge is 0.329 e. The van der Waals surface area contributed by atoms with Crippen LogP contribution in [0.25, 0.3) is 0 Å². The van der Waals surface area contributed by atoms with Gasteiger partial charge in [0.2, 0.25) is 11.8 Å². The molecule has 0 aliphatic carbocycles. The van der Waals surface area contributed by atoms with E-state index in [1.165, 1.54) is 6.92 Å². The summed E-state index contributed by atoms with van der Waals surface area (Å²) >= 11 is 0. The Labute approximate surface area is 141 Å². The van der Waals surface area contributed by atoms with Crippen LogP contribution in [-0.2, 0) is 20.8 Å². The summed E-state index contributed by atoms with van der Waals surface area (Å²) in [7, 11) is 0. The molecule has 0 bridgehead atoms. The summed E-state index contributed by atoms with van der Waals surface area (Å²) in [5, 5.41) is 11.9. The minimum absolute atomic E-state index is 0.00365. The van der Waals surface area contributed by atoms with Crippen molar-refractivity contribution >= 4 is 23.5 Å². The fourth-order valence-corrected chi connectivity index (χ4v) is 3.05. The Bertz CT molecular complexity index is 644. The third kappa shape index (κ3) is 3.93.